The molecule has 3 N–H and O–H groups in total. The van der Waals surface area contributed by atoms with E-state index >= 15 is 0 Å². The molecule has 2 aromatic rings. The number of carbonyl (C=O) groups is 1. The van der Waals surface area contributed by atoms with Crippen molar-refractivity contribution in [3.8, 4) is 5.75 Å². The largest absolute Gasteiger partial charge is 0.497 e. The van der Waals surface area contributed by atoms with Gasteiger partial charge in [-0.15, -0.1) is 0 Å². The van der Waals surface area contributed by atoms with Crippen LogP contribution in [0.15, 0.2) is 59.5 Å². The maximum Gasteiger partial charge on any atom is 0.409 e. The van der Waals surface area contributed by atoms with Gasteiger partial charge in [0, 0.05) is 6.42 Å². The first-order chi connectivity index (χ1) is 18.2. The molecule has 0 spiro atoms. The van der Waals surface area contributed by atoms with E-state index in [0.29, 0.717) is 17.7 Å². The molecule has 2 aromatic carbocycles. The van der Waals surface area contributed by atoms with Crippen LogP contribution in [0.25, 0.3) is 0 Å². The van der Waals surface area contributed by atoms with Crippen LogP contribution in [0.1, 0.15) is 25.8 Å². The van der Waals surface area contributed by atoms with Crippen molar-refractivity contribution in [1.82, 2.24) is 10.0 Å². The predicted octanol–water partition coefficient (Wildman–Crippen LogP) is 2.19. The van der Waals surface area contributed by atoms with Gasteiger partial charge in [-0.3, -0.25) is 5.32 Å². The normalized spacial score (nSPS) is 17.7. The number of nitrogens with one attached hydrogen (secondary N) is 2. The highest BCUT2D eigenvalue weighted by atomic mass is 32.2. The summed E-state index contributed by atoms with van der Waals surface area (Å²) in [4.78, 5) is 13.0. The highest BCUT2D eigenvalue weighted by Crippen LogP contribution is 2.23. The Morgan fingerprint density at radius 1 is 1.13 bits per heavy atom. The van der Waals surface area contributed by atoms with E-state index in [0.717, 1.165) is 0 Å². The molecule has 12 heteroatoms. The molecule has 1 fully saturated rings. The number of aliphatic hydroxyl groups excluding tert-OH is 1. The summed E-state index contributed by atoms with van der Waals surface area (Å²) in [5.74, 6) is 0.472. The zero-order valence-corrected chi connectivity index (χ0v) is 22.6. The number of carbonyl (C=O) groups excluding carboxylic acids is 1. The Balaban J connectivity index is 1.98. The van der Waals surface area contributed by atoms with E-state index in [2.05, 4.69) is 10.0 Å². The van der Waals surface area contributed by atoms with E-state index in [1.54, 1.807) is 30.3 Å². The molecule has 1 amide bonds. The first kappa shape index (κ1) is 29.8. The Kier molecular flexibility index (Phi) is 10.9. The molecule has 0 aromatic heterocycles. The maximum absolute atomic E-state index is 13.6. The Hall–Kier alpha value is -2.74. The van der Waals surface area contributed by atoms with Gasteiger partial charge >= 0.3 is 6.09 Å². The quantitative estimate of drug-likeness (QED) is 0.319. The van der Waals surface area contributed by atoms with Crippen molar-refractivity contribution in [1.29, 1.82) is 0 Å². The molecule has 38 heavy (non-hydrogen) atoms. The number of ether oxygens (including phenoxy) is 5. The fraction of sp³-hybridized carbons (Fsp3) is 0.500. The Bertz CT molecular complexity index is 1110. The highest BCUT2D eigenvalue weighted by Gasteiger charge is 2.44. The first-order valence-corrected chi connectivity index (χ1v) is 13.8. The van der Waals surface area contributed by atoms with Crippen LogP contribution >= 0.6 is 0 Å². The van der Waals surface area contributed by atoms with Gasteiger partial charge < -0.3 is 28.8 Å². The number of amides is 1. The van der Waals surface area contributed by atoms with Crippen LogP contribution < -0.4 is 14.8 Å². The van der Waals surface area contributed by atoms with Gasteiger partial charge in [0.1, 0.15) is 24.3 Å². The molecule has 0 aliphatic carbocycles. The minimum Gasteiger partial charge on any atom is -0.497 e. The van der Waals surface area contributed by atoms with E-state index < -0.39 is 34.0 Å². The smallest absolute Gasteiger partial charge is 0.409 e. The molecule has 3 atom stereocenters. The standard InChI is InChI=1S/C26H36N2O9S/c1-4-19(2)36-17-24(29)26(14-20-8-6-5-7-9-20,27-25(30)37-22-15-34-18-35-16-22)28-38(31,32)23-12-10-21(33-3)11-13-23/h5-13,19,22,24,28-29H,4,14-18H2,1-3H3,(H,27,30). The van der Waals surface area contributed by atoms with Gasteiger partial charge in [0.15, 0.2) is 6.10 Å². The van der Waals surface area contributed by atoms with E-state index in [4.69, 9.17) is 23.7 Å². The Morgan fingerprint density at radius 3 is 2.39 bits per heavy atom. The molecule has 3 rings (SSSR count). The SMILES string of the molecule is CCC(C)OCC(O)C(Cc1ccccc1)(NC(=O)OC1COCOC1)NS(=O)(=O)c1ccc(OC)cc1. The van der Waals surface area contributed by atoms with E-state index in [-0.39, 0.29) is 44.0 Å². The average Bonchev–Trinajstić information content (AvgIpc) is 2.92. The third-order valence-electron chi connectivity index (χ3n) is 6.07. The Labute approximate surface area is 223 Å². The number of aliphatic hydroxyl groups is 1. The second-order valence-electron chi connectivity index (χ2n) is 8.99. The van der Waals surface area contributed by atoms with Crippen molar-refractivity contribution in [2.75, 3.05) is 33.7 Å². The molecule has 11 nitrogen and oxygen atoms in total. The molecule has 1 aliphatic heterocycles. The number of hydrogen-bond acceptors (Lipinski definition) is 9. The molecule has 0 bridgehead atoms. The minimum atomic E-state index is -4.27. The lowest BCUT2D eigenvalue weighted by Gasteiger charge is -2.39. The second kappa shape index (κ2) is 13.9. The van der Waals surface area contributed by atoms with Crippen molar-refractivity contribution in [3.63, 3.8) is 0 Å². The lowest BCUT2D eigenvalue weighted by Crippen LogP contribution is -2.69. The van der Waals surface area contributed by atoms with Crippen LogP contribution in [0.5, 0.6) is 5.75 Å². The summed E-state index contributed by atoms with van der Waals surface area (Å²) in [6.45, 7) is 3.82. The van der Waals surface area contributed by atoms with E-state index in [1.807, 2.05) is 13.8 Å². The zero-order chi connectivity index (χ0) is 27.6. The van der Waals surface area contributed by atoms with Gasteiger partial charge in [0.05, 0.1) is 37.9 Å². The predicted molar refractivity (Wildman–Crippen MR) is 138 cm³/mol. The number of methoxy groups -OCH3 is 1. The zero-order valence-electron chi connectivity index (χ0n) is 21.8. The molecular formula is C26H36N2O9S. The van der Waals surface area contributed by atoms with Gasteiger partial charge in [-0.05, 0) is 43.2 Å². The van der Waals surface area contributed by atoms with Crippen LogP contribution in [0, 0.1) is 0 Å². The van der Waals surface area contributed by atoms with Crippen LogP contribution in [-0.4, -0.2) is 77.3 Å². The number of sulfonamides is 1. The van der Waals surface area contributed by atoms with Crippen LogP contribution in [0.4, 0.5) is 4.79 Å². The molecule has 1 aliphatic rings. The average molecular weight is 553 g/mol. The monoisotopic (exact) mass is 552 g/mol. The number of alkyl carbamates (subject to hydrolysis) is 1. The second-order valence-corrected chi connectivity index (χ2v) is 10.7. The molecule has 0 saturated carbocycles. The summed E-state index contributed by atoms with van der Waals surface area (Å²) >= 11 is 0. The van der Waals surface area contributed by atoms with Crippen LogP contribution in [-0.2, 0) is 35.4 Å². The summed E-state index contributed by atoms with van der Waals surface area (Å²) in [6, 6.07) is 14.6. The molecule has 210 valence electrons. The lowest BCUT2D eigenvalue weighted by atomic mass is 9.95. The summed E-state index contributed by atoms with van der Waals surface area (Å²) < 4.78 is 56.3. The highest BCUT2D eigenvalue weighted by molar-refractivity contribution is 7.89. The summed E-state index contributed by atoms with van der Waals surface area (Å²) in [5.41, 5.74) is -1.29. The third-order valence-corrected chi connectivity index (χ3v) is 7.59. The van der Waals surface area contributed by atoms with Crippen molar-refractivity contribution >= 4 is 16.1 Å². The Morgan fingerprint density at radius 2 is 1.79 bits per heavy atom. The van der Waals surface area contributed by atoms with E-state index in [1.165, 1.54) is 31.4 Å². The number of hydrogen-bond donors (Lipinski definition) is 3. The summed E-state index contributed by atoms with van der Waals surface area (Å²) in [5, 5.41) is 14.0. The van der Waals surface area contributed by atoms with Crippen molar-refractivity contribution < 1.29 is 42.0 Å². The van der Waals surface area contributed by atoms with Gasteiger partial charge in [-0.25, -0.2) is 13.2 Å². The van der Waals surface area contributed by atoms with Crippen molar-refractivity contribution in [3.05, 3.63) is 60.2 Å². The summed E-state index contributed by atoms with van der Waals surface area (Å²) in [7, 11) is -2.80. The maximum atomic E-state index is 13.6. The molecule has 1 saturated heterocycles. The van der Waals surface area contributed by atoms with E-state index in [9.17, 15) is 18.3 Å². The fourth-order valence-electron chi connectivity index (χ4n) is 3.76. The molecule has 0 radical (unpaired) electrons. The molecular weight excluding hydrogens is 516 g/mol. The van der Waals surface area contributed by atoms with Crippen molar-refractivity contribution in [2.45, 2.75) is 55.6 Å². The number of rotatable bonds is 13. The van der Waals surface area contributed by atoms with Gasteiger partial charge in [-0.2, -0.15) is 4.72 Å². The van der Waals surface area contributed by atoms with Gasteiger partial charge in [0.25, 0.3) is 0 Å². The van der Waals surface area contributed by atoms with Crippen LogP contribution in [0.2, 0.25) is 0 Å². The third kappa shape index (κ3) is 8.38. The molecule has 1 heterocycles. The molecule has 3 unspecified atom stereocenters. The fourth-order valence-corrected chi connectivity index (χ4v) is 5.11. The first-order valence-electron chi connectivity index (χ1n) is 12.3. The van der Waals surface area contributed by atoms with Gasteiger partial charge in [-0.1, -0.05) is 37.3 Å². The summed E-state index contributed by atoms with van der Waals surface area (Å²) in [6.07, 6.45) is -2.81. The number of benzene rings is 2. The minimum absolute atomic E-state index is 0.0879. The van der Waals surface area contributed by atoms with Gasteiger partial charge in [0.2, 0.25) is 10.0 Å². The lowest BCUT2D eigenvalue weighted by molar-refractivity contribution is -0.152. The topological polar surface area (TPSA) is 142 Å². The van der Waals surface area contributed by atoms with Crippen LogP contribution in [0.3, 0.4) is 0 Å². The van der Waals surface area contributed by atoms with Crippen molar-refractivity contribution in [2.24, 2.45) is 0 Å².